The normalized spacial score (nSPS) is 22.8. The molecule has 2 amide bonds. The zero-order chi connectivity index (χ0) is 20.5. The van der Waals surface area contributed by atoms with Gasteiger partial charge in [-0.3, -0.25) is 19.7 Å². The number of halogens is 1. The van der Waals surface area contributed by atoms with Crippen LogP contribution in [0.4, 0.5) is 15.9 Å². The topological polar surface area (TPSA) is 117 Å². The van der Waals surface area contributed by atoms with Crippen molar-refractivity contribution in [3.8, 4) is 0 Å². The third-order valence-corrected chi connectivity index (χ3v) is 5.44. The molecule has 2 aliphatic carbocycles. The standard InChI is InChI=1S/C18H24FN5O4/c1-23(2)17(26)18(7-8-18)16(25)22-12-5-3-11(4-6-12)21-15-14(19)9-13(10-20-15)24(27)28/h9-12H,3-8H2,1-2H3,(H,20,21)(H,22,25). The molecule has 3 rings (SSSR count). The van der Waals surface area contributed by atoms with Crippen LogP contribution < -0.4 is 10.6 Å². The Balaban J connectivity index is 1.51. The highest BCUT2D eigenvalue weighted by molar-refractivity contribution is 6.07. The highest BCUT2D eigenvalue weighted by atomic mass is 19.1. The van der Waals surface area contributed by atoms with Gasteiger partial charge in [-0.15, -0.1) is 0 Å². The summed E-state index contributed by atoms with van der Waals surface area (Å²) in [6.07, 6.45) is 4.97. The molecule has 152 valence electrons. The molecule has 0 unspecified atom stereocenters. The van der Waals surface area contributed by atoms with Gasteiger partial charge in [0.05, 0.1) is 11.0 Å². The molecule has 1 aromatic heterocycles. The molecule has 2 fully saturated rings. The van der Waals surface area contributed by atoms with Crippen LogP contribution in [0, 0.1) is 21.3 Å². The van der Waals surface area contributed by atoms with Crippen LogP contribution in [0.15, 0.2) is 12.3 Å². The fourth-order valence-electron chi connectivity index (χ4n) is 3.62. The number of nitrogens with one attached hydrogen (secondary N) is 2. The van der Waals surface area contributed by atoms with Crippen LogP contribution in [-0.4, -0.2) is 52.8 Å². The summed E-state index contributed by atoms with van der Waals surface area (Å²) in [5, 5.41) is 16.6. The van der Waals surface area contributed by atoms with E-state index >= 15 is 0 Å². The van der Waals surface area contributed by atoms with Gasteiger partial charge in [0.15, 0.2) is 11.6 Å². The van der Waals surface area contributed by atoms with Crippen molar-refractivity contribution in [2.45, 2.75) is 50.6 Å². The van der Waals surface area contributed by atoms with E-state index in [-0.39, 0.29) is 29.7 Å². The van der Waals surface area contributed by atoms with E-state index in [1.54, 1.807) is 14.1 Å². The van der Waals surface area contributed by atoms with Crippen LogP contribution in [0.1, 0.15) is 38.5 Å². The Morgan fingerprint density at radius 2 is 1.86 bits per heavy atom. The molecule has 0 aromatic carbocycles. The summed E-state index contributed by atoms with van der Waals surface area (Å²) in [6.45, 7) is 0. The number of anilines is 1. The Kier molecular flexibility index (Phi) is 5.48. The summed E-state index contributed by atoms with van der Waals surface area (Å²) in [5.74, 6) is -1.13. The van der Waals surface area contributed by atoms with E-state index in [0.29, 0.717) is 38.5 Å². The third-order valence-electron chi connectivity index (χ3n) is 5.44. The number of amides is 2. The maximum atomic E-state index is 14.0. The van der Waals surface area contributed by atoms with Crippen molar-refractivity contribution >= 4 is 23.3 Å². The number of hydrogen-bond donors (Lipinski definition) is 2. The third kappa shape index (κ3) is 4.05. The van der Waals surface area contributed by atoms with Gasteiger partial charge < -0.3 is 15.5 Å². The molecule has 0 aliphatic heterocycles. The summed E-state index contributed by atoms with van der Waals surface area (Å²) >= 11 is 0. The molecular weight excluding hydrogens is 369 g/mol. The first kappa shape index (κ1) is 20.0. The smallest absolute Gasteiger partial charge is 0.290 e. The minimum Gasteiger partial charge on any atom is -0.365 e. The first-order valence-corrected chi connectivity index (χ1v) is 9.32. The van der Waals surface area contributed by atoms with Crippen LogP contribution in [0.3, 0.4) is 0 Å². The van der Waals surface area contributed by atoms with Crippen molar-refractivity contribution in [1.82, 2.24) is 15.2 Å². The number of rotatable bonds is 6. The average Bonchev–Trinajstić information content (AvgIpc) is 3.46. The maximum absolute atomic E-state index is 14.0. The van der Waals surface area contributed by atoms with Gasteiger partial charge in [-0.1, -0.05) is 0 Å². The predicted molar refractivity (Wildman–Crippen MR) is 99.0 cm³/mol. The molecule has 0 spiro atoms. The number of carbonyl (C=O) groups is 2. The Morgan fingerprint density at radius 1 is 1.25 bits per heavy atom. The van der Waals surface area contributed by atoms with E-state index in [1.807, 2.05) is 0 Å². The second kappa shape index (κ2) is 7.69. The molecule has 2 saturated carbocycles. The van der Waals surface area contributed by atoms with Crippen molar-refractivity contribution in [3.63, 3.8) is 0 Å². The molecule has 10 heteroatoms. The fraction of sp³-hybridized carbons (Fsp3) is 0.611. The molecular formula is C18H24FN5O4. The molecule has 2 N–H and O–H groups in total. The van der Waals surface area contributed by atoms with Crippen LogP contribution in [-0.2, 0) is 9.59 Å². The van der Waals surface area contributed by atoms with Crippen LogP contribution in [0.25, 0.3) is 0 Å². The predicted octanol–water partition coefficient (Wildman–Crippen LogP) is 1.84. The zero-order valence-corrected chi connectivity index (χ0v) is 15.9. The first-order chi connectivity index (χ1) is 13.2. The quantitative estimate of drug-likeness (QED) is 0.433. The number of nitrogens with zero attached hydrogens (tertiary/aromatic N) is 3. The lowest BCUT2D eigenvalue weighted by Crippen LogP contribution is -2.47. The largest absolute Gasteiger partial charge is 0.365 e. The SMILES string of the molecule is CN(C)C(=O)C1(C(=O)NC2CCC(Nc3ncc([N+](=O)[O-])cc3F)CC2)CC1. The second-order valence-electron chi connectivity index (χ2n) is 7.73. The summed E-state index contributed by atoms with van der Waals surface area (Å²) in [5.41, 5.74) is -1.29. The molecule has 0 saturated heterocycles. The summed E-state index contributed by atoms with van der Waals surface area (Å²) < 4.78 is 14.0. The molecule has 0 bridgehead atoms. The van der Waals surface area contributed by atoms with Crippen molar-refractivity contribution in [1.29, 1.82) is 0 Å². The van der Waals surface area contributed by atoms with Crippen molar-refractivity contribution < 1.29 is 18.9 Å². The van der Waals surface area contributed by atoms with Crippen LogP contribution in [0.5, 0.6) is 0 Å². The molecule has 0 atom stereocenters. The summed E-state index contributed by atoms with van der Waals surface area (Å²) in [7, 11) is 3.30. The van der Waals surface area contributed by atoms with Crippen molar-refractivity contribution in [2.24, 2.45) is 5.41 Å². The van der Waals surface area contributed by atoms with Crippen LogP contribution >= 0.6 is 0 Å². The first-order valence-electron chi connectivity index (χ1n) is 9.32. The van der Waals surface area contributed by atoms with E-state index in [2.05, 4.69) is 15.6 Å². The molecule has 2 aliphatic rings. The van der Waals surface area contributed by atoms with E-state index in [0.717, 1.165) is 12.3 Å². The molecule has 1 heterocycles. The van der Waals surface area contributed by atoms with E-state index in [1.165, 1.54) is 4.90 Å². The highest BCUT2D eigenvalue weighted by Gasteiger charge is 2.57. The lowest BCUT2D eigenvalue weighted by molar-refractivity contribution is -0.385. The second-order valence-corrected chi connectivity index (χ2v) is 7.73. The Bertz CT molecular complexity index is 788. The summed E-state index contributed by atoms with van der Waals surface area (Å²) in [4.78, 5) is 40.0. The van der Waals surface area contributed by atoms with E-state index in [4.69, 9.17) is 0 Å². The number of hydrogen-bond acceptors (Lipinski definition) is 6. The van der Waals surface area contributed by atoms with E-state index in [9.17, 15) is 24.1 Å². The van der Waals surface area contributed by atoms with Gasteiger partial charge >= 0.3 is 0 Å². The van der Waals surface area contributed by atoms with E-state index < -0.39 is 21.8 Å². The van der Waals surface area contributed by atoms with Gasteiger partial charge in [-0.2, -0.15) is 0 Å². The number of pyridine rings is 1. The Morgan fingerprint density at radius 3 is 2.36 bits per heavy atom. The van der Waals surface area contributed by atoms with Crippen LogP contribution in [0.2, 0.25) is 0 Å². The lowest BCUT2D eigenvalue weighted by Gasteiger charge is -2.31. The highest BCUT2D eigenvalue weighted by Crippen LogP contribution is 2.47. The van der Waals surface area contributed by atoms with Gasteiger partial charge in [0, 0.05) is 26.2 Å². The summed E-state index contributed by atoms with van der Waals surface area (Å²) in [6, 6.07) is 0.792. The van der Waals surface area contributed by atoms with Gasteiger partial charge in [-0.25, -0.2) is 9.37 Å². The number of carbonyl (C=O) groups excluding carboxylic acids is 2. The number of nitro groups is 1. The fourth-order valence-corrected chi connectivity index (χ4v) is 3.62. The van der Waals surface area contributed by atoms with Gasteiger partial charge in [-0.05, 0) is 38.5 Å². The monoisotopic (exact) mass is 393 g/mol. The Labute approximate surface area is 161 Å². The van der Waals surface area contributed by atoms with Crippen molar-refractivity contribution in [2.75, 3.05) is 19.4 Å². The number of aromatic nitrogens is 1. The van der Waals surface area contributed by atoms with Crippen molar-refractivity contribution in [3.05, 3.63) is 28.2 Å². The van der Waals surface area contributed by atoms with Gasteiger partial charge in [0.25, 0.3) is 5.69 Å². The van der Waals surface area contributed by atoms with Gasteiger partial charge in [0.2, 0.25) is 11.8 Å². The molecule has 28 heavy (non-hydrogen) atoms. The zero-order valence-electron chi connectivity index (χ0n) is 15.9. The average molecular weight is 393 g/mol. The minimum atomic E-state index is -0.898. The molecule has 9 nitrogen and oxygen atoms in total. The molecule has 0 radical (unpaired) electrons. The van der Waals surface area contributed by atoms with Gasteiger partial charge in [0.1, 0.15) is 11.6 Å². The molecule has 1 aromatic rings. The lowest BCUT2D eigenvalue weighted by atomic mass is 9.90. The maximum Gasteiger partial charge on any atom is 0.290 e. The minimum absolute atomic E-state index is 0.00778. The Hall–Kier alpha value is -2.78.